The molecule has 0 heterocycles. The smallest absolute Gasteiger partial charge is 0.271 e. The van der Waals surface area contributed by atoms with E-state index in [9.17, 15) is 28.1 Å². The molecule has 0 spiro atoms. The minimum Gasteiger partial charge on any atom is -0.357 e. The molecule has 0 radical (unpaired) electrons. The van der Waals surface area contributed by atoms with Crippen LogP contribution in [0.1, 0.15) is 18.1 Å². The first kappa shape index (κ1) is 26.1. The van der Waals surface area contributed by atoms with Crippen molar-refractivity contribution in [3.05, 3.63) is 68.7 Å². The summed E-state index contributed by atoms with van der Waals surface area (Å²) >= 11 is 6.22. The van der Waals surface area contributed by atoms with Gasteiger partial charge in [-0.15, -0.1) is 0 Å². The Morgan fingerprint density at radius 1 is 1.21 bits per heavy atom. The average Bonchev–Trinajstić information content (AvgIpc) is 2.75. The van der Waals surface area contributed by atoms with Gasteiger partial charge in [0.05, 0.1) is 16.9 Å². The standard InChI is InChI=1S/C21H25ClN4O6S/c1-14-9-10-17(26(29)30)11-19(14)25(33(4,31)32)13-20(27)24(15(2)21(28)23-3)12-16-7-5-6-8-18(16)22/h5-11,15H,12-13H2,1-4H3,(H,23,28)/t15-/m0/s1. The molecule has 1 atom stereocenters. The van der Waals surface area contributed by atoms with E-state index in [1.807, 2.05) is 0 Å². The number of aryl methyl sites for hydroxylation is 1. The first-order chi connectivity index (χ1) is 15.4. The lowest BCUT2D eigenvalue weighted by Crippen LogP contribution is -2.50. The third kappa shape index (κ3) is 6.42. The number of carbonyl (C=O) groups excluding carboxylic acids is 2. The average molecular weight is 497 g/mol. The Bertz CT molecular complexity index is 1170. The van der Waals surface area contributed by atoms with Crippen LogP contribution in [-0.2, 0) is 26.2 Å². The second kappa shape index (κ2) is 10.6. The molecule has 2 rings (SSSR count). The molecule has 178 valence electrons. The maximum Gasteiger partial charge on any atom is 0.271 e. The first-order valence-corrected chi connectivity index (χ1v) is 12.1. The number of anilines is 1. The van der Waals surface area contributed by atoms with E-state index < -0.39 is 39.3 Å². The molecule has 0 aliphatic heterocycles. The number of nitro groups is 1. The molecule has 2 aromatic carbocycles. The van der Waals surface area contributed by atoms with E-state index >= 15 is 0 Å². The molecule has 33 heavy (non-hydrogen) atoms. The number of sulfonamides is 1. The van der Waals surface area contributed by atoms with Crippen LogP contribution >= 0.6 is 11.6 Å². The van der Waals surface area contributed by atoms with Crippen molar-refractivity contribution in [1.82, 2.24) is 10.2 Å². The number of rotatable bonds is 9. The number of hydrogen-bond acceptors (Lipinski definition) is 6. The Hall–Kier alpha value is -3.18. The molecule has 12 heteroatoms. The Balaban J connectivity index is 2.49. The zero-order valence-corrected chi connectivity index (χ0v) is 20.2. The topological polar surface area (TPSA) is 130 Å². The van der Waals surface area contributed by atoms with E-state index in [-0.39, 0.29) is 17.9 Å². The summed E-state index contributed by atoms with van der Waals surface area (Å²) in [4.78, 5) is 37.4. The van der Waals surface area contributed by atoms with Crippen LogP contribution in [0.5, 0.6) is 0 Å². The molecule has 0 aliphatic carbocycles. The van der Waals surface area contributed by atoms with Crippen LogP contribution in [0.2, 0.25) is 5.02 Å². The highest BCUT2D eigenvalue weighted by atomic mass is 35.5. The predicted molar refractivity (Wildman–Crippen MR) is 126 cm³/mol. The van der Waals surface area contributed by atoms with Crippen molar-refractivity contribution in [1.29, 1.82) is 0 Å². The van der Waals surface area contributed by atoms with Crippen molar-refractivity contribution in [3.8, 4) is 0 Å². The van der Waals surface area contributed by atoms with Gasteiger partial charge in [0.25, 0.3) is 5.69 Å². The van der Waals surface area contributed by atoms with Crippen molar-refractivity contribution in [2.75, 3.05) is 24.2 Å². The number of hydrogen-bond donors (Lipinski definition) is 1. The number of amides is 2. The number of nitro benzene ring substituents is 1. The van der Waals surface area contributed by atoms with Gasteiger partial charge >= 0.3 is 0 Å². The van der Waals surface area contributed by atoms with E-state index in [0.717, 1.165) is 16.6 Å². The quantitative estimate of drug-likeness (QED) is 0.419. The predicted octanol–water partition coefficient (Wildman–Crippen LogP) is 2.49. The summed E-state index contributed by atoms with van der Waals surface area (Å²) in [5, 5.41) is 14.1. The fourth-order valence-corrected chi connectivity index (χ4v) is 4.27. The Labute approximate surface area is 197 Å². The molecule has 0 saturated heterocycles. The van der Waals surface area contributed by atoms with Gasteiger partial charge in [-0.1, -0.05) is 35.9 Å². The van der Waals surface area contributed by atoms with Crippen LogP contribution in [0, 0.1) is 17.0 Å². The first-order valence-electron chi connectivity index (χ1n) is 9.84. The Morgan fingerprint density at radius 2 is 1.85 bits per heavy atom. The summed E-state index contributed by atoms with van der Waals surface area (Å²) in [7, 11) is -2.58. The summed E-state index contributed by atoms with van der Waals surface area (Å²) in [6, 6.07) is 9.59. The normalized spacial score (nSPS) is 12.0. The number of likely N-dealkylation sites (N-methyl/N-ethyl adjacent to an activating group) is 1. The van der Waals surface area contributed by atoms with Gasteiger partial charge in [0.15, 0.2) is 0 Å². The highest BCUT2D eigenvalue weighted by molar-refractivity contribution is 7.92. The van der Waals surface area contributed by atoms with E-state index in [1.165, 1.54) is 31.0 Å². The maximum absolute atomic E-state index is 13.3. The van der Waals surface area contributed by atoms with Gasteiger partial charge < -0.3 is 10.2 Å². The van der Waals surface area contributed by atoms with Gasteiger partial charge in [0, 0.05) is 30.7 Å². The third-order valence-electron chi connectivity index (χ3n) is 5.06. The monoisotopic (exact) mass is 496 g/mol. The number of benzene rings is 2. The second-order valence-electron chi connectivity index (χ2n) is 7.40. The lowest BCUT2D eigenvalue weighted by molar-refractivity contribution is -0.384. The SMILES string of the molecule is CNC(=O)[C@H](C)N(Cc1ccccc1Cl)C(=O)CN(c1cc([N+](=O)[O-])ccc1C)S(C)(=O)=O. The van der Waals surface area contributed by atoms with Crippen molar-refractivity contribution in [3.63, 3.8) is 0 Å². The minimum atomic E-state index is -4.01. The molecule has 2 amide bonds. The lowest BCUT2D eigenvalue weighted by Gasteiger charge is -2.31. The van der Waals surface area contributed by atoms with Crippen molar-refractivity contribution < 1.29 is 22.9 Å². The fourth-order valence-electron chi connectivity index (χ4n) is 3.18. The highest BCUT2D eigenvalue weighted by Gasteiger charge is 2.31. The van der Waals surface area contributed by atoms with Crippen molar-refractivity contribution >= 4 is 44.8 Å². The van der Waals surface area contributed by atoms with Crippen LogP contribution in [0.4, 0.5) is 11.4 Å². The van der Waals surface area contributed by atoms with Gasteiger partial charge in [0.1, 0.15) is 12.6 Å². The molecule has 0 saturated carbocycles. The maximum atomic E-state index is 13.3. The molecule has 0 aromatic heterocycles. The van der Waals surface area contributed by atoms with Gasteiger partial charge in [0.2, 0.25) is 21.8 Å². The zero-order valence-electron chi connectivity index (χ0n) is 18.6. The lowest BCUT2D eigenvalue weighted by atomic mass is 10.1. The van der Waals surface area contributed by atoms with Crippen molar-refractivity contribution in [2.24, 2.45) is 0 Å². The molecule has 0 fully saturated rings. The molecule has 0 aliphatic rings. The number of halogens is 1. The Kier molecular flexibility index (Phi) is 8.39. The summed E-state index contributed by atoms with van der Waals surface area (Å²) < 4.78 is 26.0. The summed E-state index contributed by atoms with van der Waals surface area (Å²) in [5.74, 6) is -1.13. The second-order valence-corrected chi connectivity index (χ2v) is 9.71. The van der Waals surface area contributed by atoms with E-state index in [2.05, 4.69) is 5.32 Å². The fraction of sp³-hybridized carbons (Fsp3) is 0.333. The summed E-state index contributed by atoms with van der Waals surface area (Å²) in [6.07, 6.45) is 0.902. The summed E-state index contributed by atoms with van der Waals surface area (Å²) in [6.45, 7) is 2.39. The van der Waals surface area contributed by atoms with Crippen LogP contribution in [0.25, 0.3) is 0 Å². The highest BCUT2D eigenvalue weighted by Crippen LogP contribution is 2.28. The number of nitrogens with one attached hydrogen (secondary N) is 1. The van der Waals surface area contributed by atoms with Gasteiger partial charge in [-0.2, -0.15) is 0 Å². The van der Waals surface area contributed by atoms with E-state index in [0.29, 0.717) is 16.1 Å². The molecular formula is C21H25ClN4O6S. The molecular weight excluding hydrogens is 472 g/mol. The molecule has 1 N–H and O–H groups in total. The number of nitrogens with zero attached hydrogens (tertiary/aromatic N) is 3. The summed E-state index contributed by atoms with van der Waals surface area (Å²) in [5.41, 5.74) is 0.685. The third-order valence-corrected chi connectivity index (χ3v) is 6.56. The van der Waals surface area contributed by atoms with Crippen LogP contribution in [0.3, 0.4) is 0 Å². The van der Waals surface area contributed by atoms with Gasteiger partial charge in [-0.3, -0.25) is 24.0 Å². The van der Waals surface area contributed by atoms with Crippen LogP contribution in [-0.4, -0.2) is 55.9 Å². The van der Waals surface area contributed by atoms with Crippen LogP contribution < -0.4 is 9.62 Å². The zero-order chi connectivity index (χ0) is 24.9. The molecule has 0 bridgehead atoms. The largest absolute Gasteiger partial charge is 0.357 e. The minimum absolute atomic E-state index is 0.00494. The van der Waals surface area contributed by atoms with Crippen molar-refractivity contribution in [2.45, 2.75) is 26.4 Å². The van der Waals surface area contributed by atoms with Gasteiger partial charge in [-0.05, 0) is 31.0 Å². The van der Waals surface area contributed by atoms with Gasteiger partial charge in [-0.25, -0.2) is 8.42 Å². The Morgan fingerprint density at radius 3 is 2.39 bits per heavy atom. The molecule has 10 nitrogen and oxygen atoms in total. The van der Waals surface area contributed by atoms with E-state index in [4.69, 9.17) is 11.6 Å². The number of non-ortho nitro benzene ring substituents is 1. The molecule has 2 aromatic rings. The van der Waals surface area contributed by atoms with Crippen LogP contribution in [0.15, 0.2) is 42.5 Å². The van der Waals surface area contributed by atoms with E-state index in [1.54, 1.807) is 31.2 Å². The molecule has 0 unspecified atom stereocenters. The number of carbonyl (C=O) groups is 2.